The molecule has 3 aromatic carbocycles. The fourth-order valence-electron chi connectivity index (χ4n) is 4.11. The molecule has 1 saturated carbocycles. The normalized spacial score (nSPS) is 13.4. The molecule has 0 unspecified atom stereocenters. The van der Waals surface area contributed by atoms with E-state index in [4.69, 9.17) is 9.47 Å². The van der Waals surface area contributed by atoms with Crippen LogP contribution in [0.15, 0.2) is 78.9 Å². The lowest BCUT2D eigenvalue weighted by atomic mass is 9.85. The van der Waals surface area contributed by atoms with Gasteiger partial charge in [0.25, 0.3) is 0 Å². The number of hydrogen-bond donors (Lipinski definition) is 1. The van der Waals surface area contributed by atoms with Gasteiger partial charge in [-0.2, -0.15) is 0 Å². The van der Waals surface area contributed by atoms with Gasteiger partial charge < -0.3 is 14.8 Å². The fourth-order valence-corrected chi connectivity index (χ4v) is 4.11. The fraction of sp³-hybridized carbons (Fsp3) is 0.355. The molecule has 0 bridgehead atoms. The van der Waals surface area contributed by atoms with Crippen LogP contribution < -0.4 is 10.1 Å². The van der Waals surface area contributed by atoms with Crippen molar-refractivity contribution in [2.24, 2.45) is 5.92 Å². The van der Waals surface area contributed by atoms with Crippen LogP contribution in [0, 0.1) is 5.92 Å². The van der Waals surface area contributed by atoms with Crippen molar-refractivity contribution < 1.29 is 19.1 Å². The molecular weight excluding hydrogens is 464 g/mol. The van der Waals surface area contributed by atoms with Crippen LogP contribution in [0.3, 0.4) is 0 Å². The van der Waals surface area contributed by atoms with E-state index in [-0.39, 0.29) is 17.9 Å². The highest BCUT2D eigenvalue weighted by molar-refractivity contribution is 5.93. The Morgan fingerprint density at radius 1 is 0.892 bits per heavy atom. The number of nitrogens with zero attached hydrogens (tertiary/aromatic N) is 1. The average Bonchev–Trinajstić information content (AvgIpc) is 2.82. The lowest BCUT2D eigenvalue weighted by Crippen LogP contribution is -2.36. The summed E-state index contributed by atoms with van der Waals surface area (Å²) in [6.07, 6.45) is 2.69. The van der Waals surface area contributed by atoms with Gasteiger partial charge in [-0.05, 0) is 62.9 Å². The van der Waals surface area contributed by atoms with Crippen LogP contribution in [0.25, 0.3) is 0 Å². The predicted molar refractivity (Wildman–Crippen MR) is 145 cm³/mol. The second-order valence-electron chi connectivity index (χ2n) is 10.5. The number of amides is 2. The maximum Gasteiger partial charge on any atom is 0.410 e. The number of carbonyl (C=O) groups is 2. The Balaban J connectivity index is 1.45. The van der Waals surface area contributed by atoms with Gasteiger partial charge in [0.05, 0.1) is 6.54 Å². The van der Waals surface area contributed by atoms with Gasteiger partial charge in [0.2, 0.25) is 5.91 Å². The summed E-state index contributed by atoms with van der Waals surface area (Å²) in [4.78, 5) is 27.1. The summed E-state index contributed by atoms with van der Waals surface area (Å²) in [5.74, 6) is 0.930. The summed E-state index contributed by atoms with van der Waals surface area (Å²) in [6.45, 7) is 6.71. The highest BCUT2D eigenvalue weighted by Crippen LogP contribution is 2.28. The van der Waals surface area contributed by atoms with Gasteiger partial charge in [-0.3, -0.25) is 9.69 Å². The van der Waals surface area contributed by atoms with Crippen LogP contribution in [0.5, 0.6) is 5.75 Å². The third-order valence-corrected chi connectivity index (χ3v) is 6.27. The molecule has 3 aromatic rings. The zero-order valence-corrected chi connectivity index (χ0v) is 21.9. The van der Waals surface area contributed by atoms with E-state index in [2.05, 4.69) is 5.32 Å². The molecule has 0 atom stereocenters. The third-order valence-electron chi connectivity index (χ3n) is 6.27. The smallest absolute Gasteiger partial charge is 0.410 e. The SMILES string of the molecule is CC(C)(C)OC(=O)N(Cc1ccccc1)Cc1ccccc1OCc1cccc(NC(=O)C2CCC2)c1. The first-order valence-electron chi connectivity index (χ1n) is 12.9. The first kappa shape index (κ1) is 26.3. The lowest BCUT2D eigenvalue weighted by Gasteiger charge is -2.28. The second-order valence-corrected chi connectivity index (χ2v) is 10.5. The Morgan fingerprint density at radius 2 is 1.59 bits per heavy atom. The van der Waals surface area contributed by atoms with Crippen molar-refractivity contribution in [3.8, 4) is 5.75 Å². The Labute approximate surface area is 219 Å². The molecule has 194 valence electrons. The molecule has 0 aliphatic heterocycles. The molecule has 0 radical (unpaired) electrons. The molecule has 6 heteroatoms. The van der Waals surface area contributed by atoms with Crippen molar-refractivity contribution in [3.63, 3.8) is 0 Å². The van der Waals surface area contributed by atoms with Crippen LogP contribution in [0.2, 0.25) is 0 Å². The Kier molecular flexibility index (Phi) is 8.49. The van der Waals surface area contributed by atoms with Crippen LogP contribution in [-0.4, -0.2) is 22.5 Å². The standard InChI is InChI=1S/C31H36N2O4/c1-31(2,3)37-30(35)33(20-23-11-5-4-6-12-23)21-26-14-7-8-18-28(26)36-22-24-13-9-17-27(19-24)32-29(34)25-15-10-16-25/h4-9,11-14,17-19,25H,10,15-16,20-22H2,1-3H3,(H,32,34). The van der Waals surface area contributed by atoms with E-state index in [9.17, 15) is 9.59 Å². The summed E-state index contributed by atoms with van der Waals surface area (Å²) in [6, 6.07) is 25.3. The van der Waals surface area contributed by atoms with E-state index in [1.165, 1.54) is 0 Å². The highest BCUT2D eigenvalue weighted by atomic mass is 16.6. The largest absolute Gasteiger partial charge is 0.489 e. The molecule has 0 heterocycles. The number of nitrogens with one attached hydrogen (secondary N) is 1. The van der Waals surface area contributed by atoms with Crippen LogP contribution in [0.1, 0.15) is 56.7 Å². The molecule has 1 N–H and O–H groups in total. The van der Waals surface area contributed by atoms with Crippen molar-refractivity contribution in [1.29, 1.82) is 0 Å². The summed E-state index contributed by atoms with van der Waals surface area (Å²) in [7, 11) is 0. The monoisotopic (exact) mass is 500 g/mol. The molecule has 0 spiro atoms. The minimum Gasteiger partial charge on any atom is -0.489 e. The first-order chi connectivity index (χ1) is 17.8. The Bertz CT molecular complexity index is 1200. The van der Waals surface area contributed by atoms with Crippen molar-refractivity contribution in [1.82, 2.24) is 4.90 Å². The number of benzene rings is 3. The number of para-hydroxylation sites is 1. The van der Waals surface area contributed by atoms with Crippen molar-refractivity contribution in [3.05, 3.63) is 95.6 Å². The number of hydrogen-bond acceptors (Lipinski definition) is 4. The molecule has 6 nitrogen and oxygen atoms in total. The second kappa shape index (κ2) is 12.0. The molecule has 1 fully saturated rings. The van der Waals surface area contributed by atoms with Crippen molar-refractivity contribution in [2.75, 3.05) is 5.32 Å². The summed E-state index contributed by atoms with van der Waals surface area (Å²) in [5.41, 5.74) is 3.05. The van der Waals surface area contributed by atoms with Gasteiger partial charge >= 0.3 is 6.09 Å². The van der Waals surface area contributed by atoms with Gasteiger partial charge in [-0.15, -0.1) is 0 Å². The van der Waals surface area contributed by atoms with E-state index >= 15 is 0 Å². The first-order valence-corrected chi connectivity index (χ1v) is 12.9. The van der Waals surface area contributed by atoms with Gasteiger partial charge in [0.1, 0.15) is 18.0 Å². The summed E-state index contributed by atoms with van der Waals surface area (Å²) in [5, 5.41) is 3.02. The maximum absolute atomic E-state index is 13.1. The number of ether oxygens (including phenoxy) is 2. The molecular formula is C31H36N2O4. The van der Waals surface area contributed by atoms with Crippen LogP contribution in [0.4, 0.5) is 10.5 Å². The van der Waals surface area contributed by atoms with Crippen molar-refractivity contribution >= 4 is 17.7 Å². The lowest BCUT2D eigenvalue weighted by molar-refractivity contribution is -0.122. The molecule has 4 rings (SSSR count). The van der Waals surface area contributed by atoms with E-state index in [1.54, 1.807) is 4.90 Å². The summed E-state index contributed by atoms with van der Waals surface area (Å²) >= 11 is 0. The summed E-state index contributed by atoms with van der Waals surface area (Å²) < 4.78 is 11.9. The zero-order chi connectivity index (χ0) is 26.3. The zero-order valence-electron chi connectivity index (χ0n) is 21.9. The minimum absolute atomic E-state index is 0.0929. The molecule has 2 amide bonds. The topological polar surface area (TPSA) is 67.9 Å². The Morgan fingerprint density at radius 3 is 2.30 bits per heavy atom. The van der Waals surface area contributed by atoms with E-state index in [0.717, 1.165) is 41.6 Å². The van der Waals surface area contributed by atoms with Gasteiger partial charge in [-0.1, -0.05) is 67.1 Å². The number of anilines is 1. The van der Waals surface area contributed by atoms with Gasteiger partial charge in [-0.25, -0.2) is 4.79 Å². The van der Waals surface area contributed by atoms with E-state index < -0.39 is 5.60 Å². The number of carbonyl (C=O) groups excluding carboxylic acids is 2. The van der Waals surface area contributed by atoms with E-state index in [0.29, 0.717) is 25.4 Å². The van der Waals surface area contributed by atoms with E-state index in [1.807, 2.05) is 99.6 Å². The number of rotatable bonds is 9. The molecule has 0 aromatic heterocycles. The minimum atomic E-state index is -0.596. The van der Waals surface area contributed by atoms with Crippen molar-refractivity contribution in [2.45, 2.75) is 65.3 Å². The molecule has 0 saturated heterocycles. The van der Waals surface area contributed by atoms with Crippen LogP contribution in [-0.2, 0) is 29.2 Å². The predicted octanol–water partition coefficient (Wildman–Crippen LogP) is 6.94. The van der Waals surface area contributed by atoms with Gasteiger partial charge in [0.15, 0.2) is 0 Å². The van der Waals surface area contributed by atoms with Gasteiger partial charge in [0, 0.05) is 23.7 Å². The average molecular weight is 501 g/mol. The Hall–Kier alpha value is -3.80. The molecule has 1 aliphatic rings. The van der Waals surface area contributed by atoms with Crippen LogP contribution >= 0.6 is 0 Å². The molecule has 37 heavy (non-hydrogen) atoms. The quantitative estimate of drug-likeness (QED) is 0.345. The third kappa shape index (κ3) is 7.84. The maximum atomic E-state index is 13.1. The highest BCUT2D eigenvalue weighted by Gasteiger charge is 2.25. The molecule has 1 aliphatic carbocycles.